The molecular weight excluding hydrogens is 194 g/mol. The molecule has 0 aliphatic heterocycles. The highest BCUT2D eigenvalue weighted by Crippen LogP contribution is 1.96. The lowest BCUT2D eigenvalue weighted by Crippen LogP contribution is -2.42. The van der Waals surface area contributed by atoms with Crippen molar-refractivity contribution in [3.8, 4) is 0 Å². The standard InChI is InChI=1S/C10H19N3O2/c1-4-5-8(11)10(15)13(3)7-6-9(14)12-2/h4,8H,1,5-7,11H2,2-3H3,(H,12,14). The number of nitrogens with two attached hydrogens (primary N) is 1. The third-order valence-electron chi connectivity index (χ3n) is 2.07. The Morgan fingerprint density at radius 3 is 2.67 bits per heavy atom. The van der Waals surface area contributed by atoms with Gasteiger partial charge in [0.25, 0.3) is 0 Å². The first kappa shape index (κ1) is 13.6. The lowest BCUT2D eigenvalue weighted by atomic mass is 10.2. The van der Waals surface area contributed by atoms with Crippen LogP contribution in [0, 0.1) is 0 Å². The van der Waals surface area contributed by atoms with E-state index in [2.05, 4.69) is 11.9 Å². The van der Waals surface area contributed by atoms with E-state index in [4.69, 9.17) is 5.73 Å². The number of amides is 2. The Morgan fingerprint density at radius 1 is 1.60 bits per heavy atom. The number of nitrogens with zero attached hydrogens (tertiary/aromatic N) is 1. The van der Waals surface area contributed by atoms with Crippen LogP contribution in [-0.2, 0) is 9.59 Å². The number of rotatable bonds is 6. The largest absolute Gasteiger partial charge is 0.359 e. The van der Waals surface area contributed by atoms with Crippen molar-refractivity contribution in [3.05, 3.63) is 12.7 Å². The molecule has 1 unspecified atom stereocenters. The Morgan fingerprint density at radius 2 is 2.20 bits per heavy atom. The van der Waals surface area contributed by atoms with Crippen LogP contribution in [0.15, 0.2) is 12.7 Å². The summed E-state index contributed by atoms with van der Waals surface area (Å²) >= 11 is 0. The molecule has 0 heterocycles. The minimum absolute atomic E-state index is 0.0908. The van der Waals surface area contributed by atoms with E-state index in [1.54, 1.807) is 20.2 Å². The molecule has 0 saturated heterocycles. The minimum atomic E-state index is -0.558. The molecule has 0 aliphatic rings. The van der Waals surface area contributed by atoms with Crippen molar-refractivity contribution in [1.29, 1.82) is 0 Å². The van der Waals surface area contributed by atoms with Crippen molar-refractivity contribution in [3.63, 3.8) is 0 Å². The van der Waals surface area contributed by atoms with E-state index in [1.165, 1.54) is 4.90 Å². The average molecular weight is 213 g/mol. The molecule has 86 valence electrons. The predicted molar refractivity (Wildman–Crippen MR) is 59.1 cm³/mol. The molecule has 5 heteroatoms. The van der Waals surface area contributed by atoms with Gasteiger partial charge in [-0.2, -0.15) is 0 Å². The van der Waals surface area contributed by atoms with E-state index in [0.717, 1.165) is 0 Å². The average Bonchev–Trinajstić information content (AvgIpc) is 2.24. The number of carbonyl (C=O) groups is 2. The maximum Gasteiger partial charge on any atom is 0.239 e. The van der Waals surface area contributed by atoms with Gasteiger partial charge in [-0.3, -0.25) is 9.59 Å². The van der Waals surface area contributed by atoms with Crippen LogP contribution < -0.4 is 11.1 Å². The van der Waals surface area contributed by atoms with Gasteiger partial charge >= 0.3 is 0 Å². The topological polar surface area (TPSA) is 75.4 Å². The smallest absolute Gasteiger partial charge is 0.239 e. The van der Waals surface area contributed by atoms with Gasteiger partial charge in [-0.05, 0) is 6.42 Å². The van der Waals surface area contributed by atoms with Crippen molar-refractivity contribution < 1.29 is 9.59 Å². The molecule has 0 aromatic carbocycles. The zero-order valence-corrected chi connectivity index (χ0v) is 9.32. The molecule has 15 heavy (non-hydrogen) atoms. The summed E-state index contributed by atoms with van der Waals surface area (Å²) < 4.78 is 0. The number of hydrogen-bond acceptors (Lipinski definition) is 3. The molecule has 0 spiro atoms. The highest BCUT2D eigenvalue weighted by Gasteiger charge is 2.16. The highest BCUT2D eigenvalue weighted by atomic mass is 16.2. The maximum absolute atomic E-state index is 11.6. The van der Waals surface area contributed by atoms with Crippen molar-refractivity contribution in [2.24, 2.45) is 5.73 Å². The summed E-state index contributed by atoms with van der Waals surface area (Å²) in [5.41, 5.74) is 5.60. The van der Waals surface area contributed by atoms with E-state index >= 15 is 0 Å². The van der Waals surface area contributed by atoms with Crippen molar-refractivity contribution in [1.82, 2.24) is 10.2 Å². The van der Waals surface area contributed by atoms with Gasteiger partial charge in [-0.25, -0.2) is 0 Å². The van der Waals surface area contributed by atoms with E-state index in [-0.39, 0.29) is 11.8 Å². The van der Waals surface area contributed by atoms with E-state index < -0.39 is 6.04 Å². The van der Waals surface area contributed by atoms with E-state index in [9.17, 15) is 9.59 Å². The highest BCUT2D eigenvalue weighted by molar-refractivity contribution is 5.82. The fraction of sp³-hybridized carbons (Fsp3) is 0.600. The van der Waals surface area contributed by atoms with Crippen molar-refractivity contribution in [2.45, 2.75) is 18.9 Å². The van der Waals surface area contributed by atoms with Gasteiger partial charge in [0.15, 0.2) is 0 Å². The predicted octanol–water partition coefficient (Wildman–Crippen LogP) is -0.516. The Labute approximate surface area is 90.3 Å². The van der Waals surface area contributed by atoms with Crippen LogP contribution in [-0.4, -0.2) is 43.4 Å². The summed E-state index contributed by atoms with van der Waals surface area (Å²) in [7, 11) is 3.20. The number of likely N-dealkylation sites (N-methyl/N-ethyl adjacent to an activating group) is 1. The van der Waals surface area contributed by atoms with Gasteiger partial charge in [0.1, 0.15) is 0 Å². The van der Waals surface area contributed by atoms with Crippen LogP contribution in [0.2, 0.25) is 0 Å². The molecule has 0 saturated carbocycles. The molecule has 1 atom stereocenters. The van der Waals surface area contributed by atoms with E-state index in [0.29, 0.717) is 19.4 Å². The van der Waals surface area contributed by atoms with Crippen molar-refractivity contribution in [2.75, 3.05) is 20.6 Å². The number of carbonyl (C=O) groups excluding carboxylic acids is 2. The SMILES string of the molecule is C=CCC(N)C(=O)N(C)CCC(=O)NC. The second-order valence-corrected chi connectivity index (χ2v) is 3.31. The summed E-state index contributed by atoms with van der Waals surface area (Å²) in [5, 5.41) is 2.49. The monoisotopic (exact) mass is 213 g/mol. The third-order valence-corrected chi connectivity index (χ3v) is 2.07. The van der Waals surface area contributed by atoms with Crippen LogP contribution in [0.1, 0.15) is 12.8 Å². The quantitative estimate of drug-likeness (QED) is 0.583. The summed E-state index contributed by atoms with van der Waals surface area (Å²) in [6.07, 6.45) is 2.35. The normalized spacial score (nSPS) is 11.7. The third kappa shape index (κ3) is 5.17. The molecule has 2 amide bonds. The van der Waals surface area contributed by atoms with Crippen LogP contribution in [0.3, 0.4) is 0 Å². The molecule has 0 radical (unpaired) electrons. The van der Waals surface area contributed by atoms with Gasteiger partial charge in [-0.1, -0.05) is 6.08 Å². The Hall–Kier alpha value is -1.36. The lowest BCUT2D eigenvalue weighted by Gasteiger charge is -2.20. The molecule has 3 N–H and O–H groups in total. The molecule has 5 nitrogen and oxygen atoms in total. The zero-order valence-electron chi connectivity index (χ0n) is 9.32. The molecule has 0 rings (SSSR count). The molecule has 0 fully saturated rings. The first-order valence-electron chi connectivity index (χ1n) is 4.85. The molecule has 0 aliphatic carbocycles. The molecular formula is C10H19N3O2. The van der Waals surface area contributed by atoms with E-state index in [1.807, 2.05) is 0 Å². The molecule has 0 aromatic rings. The summed E-state index contributed by atoms with van der Waals surface area (Å²) in [4.78, 5) is 24.0. The Bertz CT molecular complexity index is 241. The number of hydrogen-bond donors (Lipinski definition) is 2. The first-order chi connectivity index (χ1) is 7.02. The number of nitrogens with one attached hydrogen (secondary N) is 1. The fourth-order valence-corrected chi connectivity index (χ4v) is 1.07. The lowest BCUT2D eigenvalue weighted by molar-refractivity contribution is -0.131. The van der Waals surface area contributed by atoms with Gasteiger partial charge in [0, 0.05) is 27.1 Å². The molecule has 0 aromatic heterocycles. The minimum Gasteiger partial charge on any atom is -0.359 e. The fourth-order valence-electron chi connectivity index (χ4n) is 1.07. The Balaban J connectivity index is 3.98. The van der Waals surface area contributed by atoms with Gasteiger partial charge < -0.3 is 16.0 Å². The van der Waals surface area contributed by atoms with Gasteiger partial charge in [0.2, 0.25) is 11.8 Å². The van der Waals surface area contributed by atoms with Crippen molar-refractivity contribution >= 4 is 11.8 Å². The second kappa shape index (κ2) is 7.00. The van der Waals surface area contributed by atoms with Crippen LogP contribution in [0.5, 0.6) is 0 Å². The maximum atomic E-state index is 11.6. The summed E-state index contributed by atoms with van der Waals surface area (Å²) in [6, 6.07) is -0.558. The summed E-state index contributed by atoms with van der Waals surface area (Å²) in [6.45, 7) is 3.89. The van der Waals surface area contributed by atoms with Gasteiger partial charge in [-0.15, -0.1) is 6.58 Å². The zero-order chi connectivity index (χ0) is 11.8. The van der Waals surface area contributed by atoms with Crippen LogP contribution in [0.25, 0.3) is 0 Å². The Kier molecular flexibility index (Phi) is 6.37. The summed E-state index contributed by atoms with van der Waals surface area (Å²) in [5.74, 6) is -0.259. The van der Waals surface area contributed by atoms with Crippen LogP contribution in [0.4, 0.5) is 0 Å². The first-order valence-corrected chi connectivity index (χ1v) is 4.85. The molecule has 0 bridgehead atoms. The second-order valence-electron chi connectivity index (χ2n) is 3.31. The van der Waals surface area contributed by atoms with Gasteiger partial charge in [0.05, 0.1) is 6.04 Å². The van der Waals surface area contributed by atoms with Crippen LogP contribution >= 0.6 is 0 Å².